The van der Waals surface area contributed by atoms with Gasteiger partial charge in [0, 0.05) is 48.6 Å². The number of ether oxygens (including phenoxy) is 1. The van der Waals surface area contributed by atoms with Gasteiger partial charge in [0.05, 0.1) is 17.4 Å². The molecule has 0 radical (unpaired) electrons. The molecule has 0 aliphatic rings. The fraction of sp³-hybridized carbons (Fsp3) is 0.125. The molecule has 0 bridgehead atoms. The predicted octanol–water partition coefficient (Wildman–Crippen LogP) is 4.34. The zero-order valence-electron chi connectivity index (χ0n) is 17.2. The Balaban J connectivity index is 1.60. The molecule has 0 aliphatic carbocycles. The number of benzene rings is 2. The smallest absolute Gasteiger partial charge is 0.248 e. The van der Waals surface area contributed by atoms with Crippen molar-refractivity contribution in [3.63, 3.8) is 0 Å². The van der Waals surface area contributed by atoms with Crippen molar-refractivity contribution in [3.05, 3.63) is 78.2 Å². The summed E-state index contributed by atoms with van der Waals surface area (Å²) in [7, 11) is 1.90. The molecular weight excluding hydrogens is 390 g/mol. The van der Waals surface area contributed by atoms with Crippen molar-refractivity contribution in [2.24, 2.45) is 12.8 Å². The van der Waals surface area contributed by atoms with Gasteiger partial charge in [-0.3, -0.25) is 13.9 Å². The van der Waals surface area contributed by atoms with Crippen LogP contribution in [0.25, 0.3) is 27.8 Å². The third-order valence-corrected chi connectivity index (χ3v) is 5.48. The summed E-state index contributed by atoms with van der Waals surface area (Å²) in [5.41, 5.74) is 10.6. The lowest BCUT2D eigenvalue weighted by molar-refractivity contribution is 0.0999. The molecule has 0 saturated heterocycles. The van der Waals surface area contributed by atoms with Crippen LogP contribution in [0.4, 0.5) is 0 Å². The lowest BCUT2D eigenvalue weighted by Crippen LogP contribution is -2.13. The molecule has 5 aromatic rings. The maximum Gasteiger partial charge on any atom is 0.248 e. The molecule has 2 N–H and O–H groups in total. The fourth-order valence-electron chi connectivity index (χ4n) is 3.89. The molecule has 0 aliphatic heterocycles. The normalized spacial score (nSPS) is 11.3. The van der Waals surface area contributed by atoms with E-state index in [0.29, 0.717) is 17.7 Å². The number of rotatable bonds is 5. The number of nitrogens with two attached hydrogens (primary N) is 1. The average Bonchev–Trinajstić information content (AvgIpc) is 3.39. The predicted molar refractivity (Wildman–Crippen MR) is 119 cm³/mol. The summed E-state index contributed by atoms with van der Waals surface area (Å²) in [6.07, 6.45) is 6.20. The number of hydrogen-bond donors (Lipinski definition) is 1. The zero-order valence-corrected chi connectivity index (χ0v) is 17.2. The van der Waals surface area contributed by atoms with Gasteiger partial charge in [0.2, 0.25) is 5.91 Å². The van der Waals surface area contributed by atoms with Crippen LogP contribution >= 0.6 is 0 Å². The minimum atomic E-state index is -0.418. The standard InChI is InChI=1S/C24H21N5O2/c1-3-15-10-16(5-7-20(15)24(25)30)22-12-19(13-23-26-8-9-29(22)23)31-18-6-4-17-14-27-28(2)21(17)11-18/h4-14H,3H2,1-2H3,(H2,25,30). The summed E-state index contributed by atoms with van der Waals surface area (Å²) in [6.45, 7) is 2.01. The Bertz CT molecular complexity index is 1450. The van der Waals surface area contributed by atoms with Crippen molar-refractivity contribution in [1.82, 2.24) is 19.2 Å². The molecule has 31 heavy (non-hydrogen) atoms. The lowest BCUT2D eigenvalue weighted by Gasteiger charge is -2.13. The van der Waals surface area contributed by atoms with Gasteiger partial charge in [0.1, 0.15) is 17.1 Å². The van der Waals surface area contributed by atoms with Crippen LogP contribution in [0.5, 0.6) is 11.5 Å². The average molecular weight is 411 g/mol. The Morgan fingerprint density at radius 3 is 2.77 bits per heavy atom. The zero-order chi connectivity index (χ0) is 21.5. The van der Waals surface area contributed by atoms with E-state index < -0.39 is 5.91 Å². The van der Waals surface area contributed by atoms with Crippen molar-refractivity contribution in [2.45, 2.75) is 13.3 Å². The van der Waals surface area contributed by atoms with Gasteiger partial charge in [-0.25, -0.2) is 4.98 Å². The SMILES string of the molecule is CCc1cc(-c2cc(Oc3ccc4cnn(C)c4c3)cc3nccn23)ccc1C(N)=O. The number of nitrogens with zero attached hydrogens (tertiary/aromatic N) is 4. The molecule has 3 aromatic heterocycles. The number of aromatic nitrogens is 4. The summed E-state index contributed by atoms with van der Waals surface area (Å²) in [4.78, 5) is 16.2. The number of primary amides is 1. The van der Waals surface area contributed by atoms with E-state index in [9.17, 15) is 4.79 Å². The summed E-state index contributed by atoms with van der Waals surface area (Å²) in [5, 5.41) is 5.34. The van der Waals surface area contributed by atoms with Crippen LogP contribution in [-0.4, -0.2) is 25.1 Å². The number of carbonyl (C=O) groups excluding carboxylic acids is 1. The van der Waals surface area contributed by atoms with Crippen LogP contribution in [-0.2, 0) is 13.5 Å². The van der Waals surface area contributed by atoms with Gasteiger partial charge in [-0.2, -0.15) is 5.10 Å². The Labute approximate surface area is 178 Å². The molecule has 154 valence electrons. The second-order valence-corrected chi connectivity index (χ2v) is 7.41. The second-order valence-electron chi connectivity index (χ2n) is 7.41. The molecule has 7 nitrogen and oxygen atoms in total. The molecule has 5 rings (SSSR count). The Morgan fingerprint density at radius 2 is 1.97 bits per heavy atom. The molecule has 7 heteroatoms. The number of aryl methyl sites for hydroxylation is 2. The summed E-state index contributed by atoms with van der Waals surface area (Å²) in [6, 6.07) is 15.4. The van der Waals surface area contributed by atoms with Crippen LogP contribution in [0.15, 0.2) is 67.1 Å². The van der Waals surface area contributed by atoms with Crippen LogP contribution in [0.1, 0.15) is 22.8 Å². The molecule has 0 spiro atoms. The van der Waals surface area contributed by atoms with E-state index in [1.807, 2.05) is 77.9 Å². The maximum absolute atomic E-state index is 11.7. The largest absolute Gasteiger partial charge is 0.457 e. The van der Waals surface area contributed by atoms with Gasteiger partial charge >= 0.3 is 0 Å². The molecule has 1 amide bonds. The third kappa shape index (κ3) is 3.30. The lowest BCUT2D eigenvalue weighted by atomic mass is 9.99. The highest BCUT2D eigenvalue weighted by atomic mass is 16.5. The third-order valence-electron chi connectivity index (χ3n) is 5.48. The summed E-state index contributed by atoms with van der Waals surface area (Å²) < 4.78 is 10.0. The minimum Gasteiger partial charge on any atom is -0.457 e. The first-order chi connectivity index (χ1) is 15.0. The number of fused-ring (bicyclic) bond motifs is 2. The van der Waals surface area contributed by atoms with E-state index in [4.69, 9.17) is 10.5 Å². The van der Waals surface area contributed by atoms with E-state index in [-0.39, 0.29) is 0 Å². The van der Waals surface area contributed by atoms with Crippen molar-refractivity contribution in [2.75, 3.05) is 0 Å². The van der Waals surface area contributed by atoms with Crippen LogP contribution in [0.3, 0.4) is 0 Å². The molecule has 0 atom stereocenters. The first kappa shape index (κ1) is 18.9. The molecule has 3 heterocycles. The molecule has 2 aromatic carbocycles. The molecular formula is C24H21N5O2. The van der Waals surface area contributed by atoms with Crippen LogP contribution in [0, 0.1) is 0 Å². The number of amides is 1. The van der Waals surface area contributed by atoms with Gasteiger partial charge in [-0.1, -0.05) is 13.0 Å². The molecule has 0 saturated carbocycles. The van der Waals surface area contributed by atoms with E-state index in [0.717, 1.165) is 39.1 Å². The summed E-state index contributed by atoms with van der Waals surface area (Å²) in [5.74, 6) is 0.974. The highest BCUT2D eigenvalue weighted by Gasteiger charge is 2.13. The van der Waals surface area contributed by atoms with Crippen molar-refractivity contribution >= 4 is 22.5 Å². The quantitative estimate of drug-likeness (QED) is 0.466. The van der Waals surface area contributed by atoms with Gasteiger partial charge in [0.15, 0.2) is 0 Å². The van der Waals surface area contributed by atoms with Crippen molar-refractivity contribution in [1.29, 1.82) is 0 Å². The highest BCUT2D eigenvalue weighted by Crippen LogP contribution is 2.31. The van der Waals surface area contributed by atoms with Crippen molar-refractivity contribution in [3.8, 4) is 22.8 Å². The fourth-order valence-corrected chi connectivity index (χ4v) is 3.89. The topological polar surface area (TPSA) is 87.4 Å². The monoisotopic (exact) mass is 411 g/mol. The van der Waals surface area contributed by atoms with Crippen molar-refractivity contribution < 1.29 is 9.53 Å². The van der Waals surface area contributed by atoms with E-state index in [1.165, 1.54) is 0 Å². The molecule has 0 unspecified atom stereocenters. The van der Waals surface area contributed by atoms with E-state index >= 15 is 0 Å². The first-order valence-corrected chi connectivity index (χ1v) is 10.0. The Kier molecular flexibility index (Phi) is 4.43. The maximum atomic E-state index is 11.7. The number of pyridine rings is 1. The molecule has 0 fully saturated rings. The Morgan fingerprint density at radius 1 is 1.10 bits per heavy atom. The van der Waals surface area contributed by atoms with E-state index in [2.05, 4.69) is 10.1 Å². The number of imidazole rings is 1. The second kappa shape index (κ2) is 7.28. The minimum absolute atomic E-state index is 0.418. The van der Waals surface area contributed by atoms with Gasteiger partial charge in [-0.05, 0) is 41.8 Å². The summed E-state index contributed by atoms with van der Waals surface area (Å²) >= 11 is 0. The van der Waals surface area contributed by atoms with Crippen LogP contribution < -0.4 is 10.5 Å². The number of hydrogen-bond acceptors (Lipinski definition) is 4. The van der Waals surface area contributed by atoms with E-state index in [1.54, 1.807) is 12.3 Å². The van der Waals surface area contributed by atoms with Crippen LogP contribution in [0.2, 0.25) is 0 Å². The van der Waals surface area contributed by atoms with Gasteiger partial charge in [0.25, 0.3) is 0 Å². The first-order valence-electron chi connectivity index (χ1n) is 10.0. The van der Waals surface area contributed by atoms with Gasteiger partial charge in [-0.15, -0.1) is 0 Å². The highest BCUT2D eigenvalue weighted by molar-refractivity contribution is 5.95. The van der Waals surface area contributed by atoms with Gasteiger partial charge < -0.3 is 10.5 Å². The number of carbonyl (C=O) groups is 1. The Hall–Kier alpha value is -4.13.